The van der Waals surface area contributed by atoms with Crippen LogP contribution in [0.1, 0.15) is 41.7 Å². The van der Waals surface area contributed by atoms with E-state index < -0.39 is 0 Å². The molecule has 0 aliphatic carbocycles. The molecular weight excluding hydrogens is 256 g/mol. The summed E-state index contributed by atoms with van der Waals surface area (Å²) in [5.41, 5.74) is 9.11. The number of hydrogen-bond donors (Lipinski definition) is 1. The summed E-state index contributed by atoms with van der Waals surface area (Å²) in [5, 5.41) is 3.22. The molecule has 2 N–H and O–H groups in total. The Bertz CT molecular complexity index is 549. The van der Waals surface area contributed by atoms with Gasteiger partial charge in [0.25, 0.3) is 0 Å². The molecule has 19 heavy (non-hydrogen) atoms. The number of hydrogen-bond acceptors (Lipinski definition) is 4. The highest BCUT2D eigenvalue weighted by Crippen LogP contribution is 2.23. The molecule has 4 heteroatoms. The molecule has 0 spiro atoms. The number of aryl methyl sites for hydroxylation is 2. The quantitative estimate of drug-likeness (QED) is 0.907. The van der Waals surface area contributed by atoms with E-state index in [9.17, 15) is 0 Å². The van der Waals surface area contributed by atoms with Gasteiger partial charge < -0.3 is 10.5 Å². The van der Waals surface area contributed by atoms with Gasteiger partial charge in [0.2, 0.25) is 0 Å². The second-order valence-corrected chi connectivity index (χ2v) is 5.63. The smallest absolute Gasteiger partial charge is 0.131 e. The van der Waals surface area contributed by atoms with Gasteiger partial charge in [-0.15, -0.1) is 11.3 Å². The third-order valence-corrected chi connectivity index (χ3v) is 4.04. The van der Waals surface area contributed by atoms with Gasteiger partial charge in [0.1, 0.15) is 12.4 Å². The molecule has 0 radical (unpaired) electrons. The molecule has 102 valence electrons. The monoisotopic (exact) mass is 276 g/mol. The first-order valence-electron chi connectivity index (χ1n) is 6.52. The molecule has 1 aromatic carbocycles. The van der Waals surface area contributed by atoms with Gasteiger partial charge in [-0.25, -0.2) is 4.98 Å². The minimum absolute atomic E-state index is 0.0541. The largest absolute Gasteiger partial charge is 0.487 e. The van der Waals surface area contributed by atoms with Crippen LogP contribution < -0.4 is 10.5 Å². The minimum Gasteiger partial charge on any atom is -0.487 e. The van der Waals surface area contributed by atoms with E-state index in [2.05, 4.69) is 23.4 Å². The summed E-state index contributed by atoms with van der Waals surface area (Å²) in [6.07, 6.45) is 0.979. The van der Waals surface area contributed by atoms with Gasteiger partial charge in [-0.2, -0.15) is 0 Å². The molecule has 0 aliphatic heterocycles. The van der Waals surface area contributed by atoms with Gasteiger partial charge in [0, 0.05) is 11.4 Å². The normalized spacial score (nSPS) is 12.4. The molecule has 0 aliphatic rings. The first kappa shape index (κ1) is 14.0. The van der Waals surface area contributed by atoms with Gasteiger partial charge >= 0.3 is 0 Å². The molecule has 0 saturated heterocycles. The highest BCUT2D eigenvalue weighted by atomic mass is 32.1. The average molecular weight is 276 g/mol. The van der Waals surface area contributed by atoms with E-state index in [4.69, 9.17) is 10.5 Å². The van der Waals surface area contributed by atoms with E-state index in [1.54, 1.807) is 11.3 Å². The van der Waals surface area contributed by atoms with Crippen LogP contribution in [-0.4, -0.2) is 4.98 Å². The van der Waals surface area contributed by atoms with E-state index in [1.807, 2.05) is 26.0 Å². The fourth-order valence-electron chi connectivity index (χ4n) is 1.85. The highest BCUT2D eigenvalue weighted by Gasteiger charge is 2.06. The van der Waals surface area contributed by atoms with Crippen LogP contribution in [0.5, 0.6) is 5.75 Å². The molecule has 2 aromatic rings. The first-order chi connectivity index (χ1) is 9.10. The van der Waals surface area contributed by atoms with Crippen LogP contribution in [0.25, 0.3) is 0 Å². The highest BCUT2D eigenvalue weighted by molar-refractivity contribution is 7.09. The molecule has 0 bridgehead atoms. The van der Waals surface area contributed by atoms with Crippen molar-refractivity contribution in [2.24, 2.45) is 5.73 Å². The van der Waals surface area contributed by atoms with E-state index in [-0.39, 0.29) is 6.04 Å². The van der Waals surface area contributed by atoms with Crippen LogP contribution in [0.4, 0.5) is 0 Å². The van der Waals surface area contributed by atoms with Crippen LogP contribution in [0, 0.1) is 6.92 Å². The summed E-state index contributed by atoms with van der Waals surface area (Å²) < 4.78 is 5.82. The Kier molecular flexibility index (Phi) is 4.56. The lowest BCUT2D eigenvalue weighted by molar-refractivity contribution is 0.299. The van der Waals surface area contributed by atoms with Crippen LogP contribution in [-0.2, 0) is 13.0 Å². The first-order valence-corrected chi connectivity index (χ1v) is 7.40. The van der Waals surface area contributed by atoms with Crippen molar-refractivity contribution < 1.29 is 4.74 Å². The Morgan fingerprint density at radius 3 is 2.79 bits per heavy atom. The van der Waals surface area contributed by atoms with Crippen molar-refractivity contribution in [1.82, 2.24) is 4.98 Å². The van der Waals surface area contributed by atoms with Crippen molar-refractivity contribution >= 4 is 11.3 Å². The molecular formula is C15H20N2OS. The molecule has 0 fully saturated rings. The summed E-state index contributed by atoms with van der Waals surface area (Å²) in [5.74, 6) is 0.899. The van der Waals surface area contributed by atoms with Crippen LogP contribution in [0.3, 0.4) is 0 Å². The molecule has 2 rings (SSSR count). The average Bonchev–Trinajstić information content (AvgIpc) is 2.85. The SMILES string of the molecule is CCc1nc(COc2ccc(C(C)N)cc2C)cs1. The van der Waals surface area contributed by atoms with Crippen molar-refractivity contribution in [3.05, 3.63) is 45.4 Å². The third kappa shape index (κ3) is 3.55. The number of aromatic nitrogens is 1. The second-order valence-electron chi connectivity index (χ2n) is 4.69. The van der Waals surface area contributed by atoms with Crippen molar-refractivity contribution in [3.63, 3.8) is 0 Å². The maximum Gasteiger partial charge on any atom is 0.131 e. The number of ether oxygens (including phenoxy) is 1. The topological polar surface area (TPSA) is 48.1 Å². The van der Waals surface area contributed by atoms with E-state index in [1.165, 1.54) is 0 Å². The van der Waals surface area contributed by atoms with Crippen molar-refractivity contribution in [2.45, 2.75) is 39.8 Å². The Morgan fingerprint density at radius 1 is 1.42 bits per heavy atom. The maximum atomic E-state index is 5.87. The predicted octanol–water partition coefficient (Wildman–Crippen LogP) is 3.61. The number of nitrogens with zero attached hydrogens (tertiary/aromatic N) is 1. The zero-order chi connectivity index (χ0) is 13.8. The summed E-state index contributed by atoms with van der Waals surface area (Å²) in [6.45, 7) is 6.66. The lowest BCUT2D eigenvalue weighted by Gasteiger charge is -2.11. The molecule has 1 heterocycles. The number of rotatable bonds is 5. The van der Waals surface area contributed by atoms with Gasteiger partial charge in [-0.3, -0.25) is 0 Å². The molecule has 1 aromatic heterocycles. The Labute approximate surface area is 118 Å². The Balaban J connectivity index is 2.03. The van der Waals surface area contributed by atoms with E-state index >= 15 is 0 Å². The maximum absolute atomic E-state index is 5.87. The molecule has 3 nitrogen and oxygen atoms in total. The summed E-state index contributed by atoms with van der Waals surface area (Å²) in [6, 6.07) is 6.14. The number of benzene rings is 1. The standard InChI is InChI=1S/C15H20N2OS/c1-4-15-17-13(9-19-15)8-18-14-6-5-12(11(3)16)7-10(14)2/h5-7,9,11H,4,8,16H2,1-3H3. The van der Waals surface area contributed by atoms with Crippen molar-refractivity contribution in [3.8, 4) is 5.75 Å². The molecule has 0 saturated carbocycles. The zero-order valence-electron chi connectivity index (χ0n) is 11.6. The van der Waals surface area contributed by atoms with Gasteiger partial charge in [0.05, 0.1) is 10.7 Å². The number of thiazole rings is 1. The molecule has 0 amide bonds. The Morgan fingerprint density at radius 2 is 2.21 bits per heavy atom. The number of nitrogens with two attached hydrogens (primary N) is 1. The van der Waals surface area contributed by atoms with Crippen molar-refractivity contribution in [1.29, 1.82) is 0 Å². The minimum atomic E-state index is 0.0541. The zero-order valence-corrected chi connectivity index (χ0v) is 12.5. The molecule has 1 unspecified atom stereocenters. The van der Waals surface area contributed by atoms with Crippen LogP contribution in [0.2, 0.25) is 0 Å². The lowest BCUT2D eigenvalue weighted by Crippen LogP contribution is -2.05. The summed E-state index contributed by atoms with van der Waals surface area (Å²) in [4.78, 5) is 4.49. The summed E-state index contributed by atoms with van der Waals surface area (Å²) in [7, 11) is 0. The van der Waals surface area contributed by atoms with E-state index in [0.717, 1.165) is 34.0 Å². The van der Waals surface area contributed by atoms with E-state index in [0.29, 0.717) is 6.61 Å². The fraction of sp³-hybridized carbons (Fsp3) is 0.400. The second kappa shape index (κ2) is 6.17. The fourth-order valence-corrected chi connectivity index (χ4v) is 2.58. The lowest BCUT2D eigenvalue weighted by atomic mass is 10.1. The molecule has 1 atom stereocenters. The predicted molar refractivity (Wildman–Crippen MR) is 79.6 cm³/mol. The third-order valence-electron chi connectivity index (χ3n) is 3.00. The van der Waals surface area contributed by atoms with Crippen LogP contribution in [0.15, 0.2) is 23.6 Å². The summed E-state index contributed by atoms with van der Waals surface area (Å²) >= 11 is 1.69. The Hall–Kier alpha value is -1.39. The van der Waals surface area contributed by atoms with Gasteiger partial charge in [-0.05, 0) is 37.5 Å². The van der Waals surface area contributed by atoms with Crippen molar-refractivity contribution in [2.75, 3.05) is 0 Å². The van der Waals surface area contributed by atoms with Gasteiger partial charge in [0.15, 0.2) is 0 Å². The van der Waals surface area contributed by atoms with Gasteiger partial charge in [-0.1, -0.05) is 19.1 Å². The van der Waals surface area contributed by atoms with Crippen LogP contribution >= 0.6 is 11.3 Å².